The lowest BCUT2D eigenvalue weighted by atomic mass is 10.1. The van der Waals surface area contributed by atoms with Gasteiger partial charge in [0.15, 0.2) is 0 Å². The average molecular weight is 500 g/mol. The molecule has 0 unspecified atom stereocenters. The van der Waals surface area contributed by atoms with E-state index in [1.807, 2.05) is 0 Å². The third kappa shape index (κ3) is 6.01. The molecule has 1 aliphatic rings. The molecule has 0 saturated carbocycles. The Labute approximate surface area is 199 Å². The first-order valence-electron chi connectivity index (χ1n) is 9.62. The number of imide groups is 1. The molecule has 2 aromatic rings. The van der Waals surface area contributed by atoms with Gasteiger partial charge in [-0.05, 0) is 56.5 Å². The fourth-order valence-electron chi connectivity index (χ4n) is 3.10. The summed E-state index contributed by atoms with van der Waals surface area (Å²) in [6.45, 7) is 2.91. The predicted octanol–water partition coefficient (Wildman–Crippen LogP) is 5.78. The molecule has 0 spiro atoms. The van der Waals surface area contributed by atoms with Gasteiger partial charge in [0.2, 0.25) is 0 Å². The van der Waals surface area contributed by atoms with Crippen LogP contribution in [0.5, 0.6) is 0 Å². The number of thiophene rings is 1. The molecular weight excluding hydrogens is 479 g/mol. The molecule has 0 aliphatic carbocycles. The van der Waals surface area contributed by atoms with Crippen LogP contribution in [0.25, 0.3) is 0 Å². The van der Waals surface area contributed by atoms with Crippen molar-refractivity contribution in [3.8, 4) is 0 Å². The van der Waals surface area contributed by atoms with Crippen LogP contribution in [0.3, 0.4) is 0 Å². The number of benzene rings is 1. The quantitative estimate of drug-likeness (QED) is 0.412. The summed E-state index contributed by atoms with van der Waals surface area (Å²) in [5.74, 6) is -0.675. The van der Waals surface area contributed by atoms with E-state index in [-0.39, 0.29) is 5.70 Å². The van der Waals surface area contributed by atoms with Crippen molar-refractivity contribution < 1.29 is 9.59 Å². The molecule has 1 fully saturated rings. The number of nitrogens with zero attached hydrogens (tertiary/aromatic N) is 2. The summed E-state index contributed by atoms with van der Waals surface area (Å²) in [5, 5.41) is 3.20. The summed E-state index contributed by atoms with van der Waals surface area (Å²) < 4.78 is 0.556. The zero-order chi connectivity index (χ0) is 22.5. The number of rotatable bonds is 4. The Morgan fingerprint density at radius 3 is 2.42 bits per heavy atom. The second-order valence-electron chi connectivity index (χ2n) is 7.01. The highest BCUT2D eigenvalue weighted by Gasteiger charge is 2.22. The van der Waals surface area contributed by atoms with Crippen molar-refractivity contribution in [2.24, 2.45) is 10.7 Å². The van der Waals surface area contributed by atoms with Crippen LogP contribution in [-0.4, -0.2) is 35.6 Å². The standard InChI is InChI=1S/C21H21Cl3N4O2S/c1-12(18(25)20(29)27-21(30)28-9-3-2-4-10-28)19(16-7-8-17(24)31-16)26-15-6-5-13(22)11-14(15)23/h5-8,11H,2-4,9-10,25H2,1H3,(H,27,29,30). The summed E-state index contributed by atoms with van der Waals surface area (Å²) in [5.41, 5.74) is 7.31. The molecule has 31 heavy (non-hydrogen) atoms. The van der Waals surface area contributed by atoms with Gasteiger partial charge in [-0.1, -0.05) is 34.8 Å². The van der Waals surface area contributed by atoms with E-state index >= 15 is 0 Å². The number of allylic oxidation sites excluding steroid dienone is 1. The van der Waals surface area contributed by atoms with Crippen LogP contribution in [0.1, 0.15) is 31.1 Å². The van der Waals surface area contributed by atoms with Gasteiger partial charge in [-0.2, -0.15) is 0 Å². The zero-order valence-corrected chi connectivity index (χ0v) is 19.8. The summed E-state index contributed by atoms with van der Waals surface area (Å²) in [6.07, 6.45) is 2.92. The van der Waals surface area contributed by atoms with Gasteiger partial charge in [-0.3, -0.25) is 10.1 Å². The number of carbonyl (C=O) groups excluding carboxylic acids is 2. The van der Waals surface area contributed by atoms with Crippen LogP contribution >= 0.6 is 46.1 Å². The van der Waals surface area contributed by atoms with E-state index in [2.05, 4.69) is 10.3 Å². The van der Waals surface area contributed by atoms with Crippen molar-refractivity contribution in [1.82, 2.24) is 10.2 Å². The number of carbonyl (C=O) groups is 2. The molecule has 0 radical (unpaired) electrons. The highest BCUT2D eigenvalue weighted by molar-refractivity contribution is 7.18. The molecule has 3 rings (SSSR count). The predicted molar refractivity (Wildman–Crippen MR) is 128 cm³/mol. The van der Waals surface area contributed by atoms with Crippen LogP contribution in [0.4, 0.5) is 10.5 Å². The lowest BCUT2D eigenvalue weighted by molar-refractivity contribution is -0.116. The van der Waals surface area contributed by atoms with Crippen molar-refractivity contribution in [3.05, 3.63) is 60.9 Å². The number of halogens is 3. The molecule has 2 heterocycles. The fourth-order valence-corrected chi connectivity index (χ4v) is 4.64. The van der Waals surface area contributed by atoms with Gasteiger partial charge >= 0.3 is 6.03 Å². The third-order valence-electron chi connectivity index (χ3n) is 4.82. The lowest BCUT2D eigenvalue weighted by Crippen LogP contribution is -2.46. The van der Waals surface area contributed by atoms with Gasteiger partial charge in [-0.25, -0.2) is 9.79 Å². The number of piperidine rings is 1. The van der Waals surface area contributed by atoms with E-state index in [9.17, 15) is 9.59 Å². The van der Waals surface area contributed by atoms with Gasteiger partial charge in [0, 0.05) is 23.7 Å². The SMILES string of the molecule is CC(C(=Nc1ccc(Cl)cc1Cl)c1ccc(Cl)s1)=C(N)C(=O)NC(=O)N1CCCCC1. The Bertz CT molecular complexity index is 1060. The van der Waals surface area contributed by atoms with E-state index in [4.69, 9.17) is 40.5 Å². The monoisotopic (exact) mass is 498 g/mol. The molecule has 3 amide bonds. The van der Waals surface area contributed by atoms with Crippen molar-refractivity contribution >= 4 is 69.5 Å². The summed E-state index contributed by atoms with van der Waals surface area (Å²) in [6, 6.07) is 7.97. The van der Waals surface area contributed by atoms with Gasteiger partial charge in [0.1, 0.15) is 5.70 Å². The summed E-state index contributed by atoms with van der Waals surface area (Å²) >= 11 is 19.6. The number of hydrogen-bond acceptors (Lipinski definition) is 5. The molecule has 6 nitrogen and oxygen atoms in total. The van der Waals surface area contributed by atoms with Crippen molar-refractivity contribution in [2.75, 3.05) is 13.1 Å². The van der Waals surface area contributed by atoms with Gasteiger partial charge < -0.3 is 10.6 Å². The molecule has 1 saturated heterocycles. The zero-order valence-electron chi connectivity index (χ0n) is 16.8. The number of nitrogens with one attached hydrogen (secondary N) is 1. The second-order valence-corrected chi connectivity index (χ2v) is 9.56. The highest BCUT2D eigenvalue weighted by Crippen LogP contribution is 2.31. The Kier molecular flexibility index (Phi) is 8.00. The first kappa shape index (κ1) is 23.6. The molecular formula is C21H21Cl3N4O2S. The third-order valence-corrected chi connectivity index (χ3v) is 6.59. The normalized spacial score (nSPS) is 15.5. The van der Waals surface area contributed by atoms with E-state index in [0.29, 0.717) is 49.3 Å². The molecule has 1 aromatic carbocycles. The van der Waals surface area contributed by atoms with Crippen LogP contribution in [0.15, 0.2) is 46.6 Å². The summed E-state index contributed by atoms with van der Waals surface area (Å²) in [7, 11) is 0. The van der Waals surface area contributed by atoms with Gasteiger partial charge in [0.25, 0.3) is 5.91 Å². The second kappa shape index (κ2) is 10.5. The van der Waals surface area contributed by atoms with E-state index in [1.165, 1.54) is 11.3 Å². The minimum atomic E-state index is -0.675. The first-order valence-corrected chi connectivity index (χ1v) is 11.6. The first-order chi connectivity index (χ1) is 14.8. The smallest absolute Gasteiger partial charge is 0.324 e. The highest BCUT2D eigenvalue weighted by atomic mass is 35.5. The molecule has 1 aromatic heterocycles. The van der Waals surface area contributed by atoms with Crippen molar-refractivity contribution in [3.63, 3.8) is 0 Å². The van der Waals surface area contributed by atoms with Gasteiger partial charge in [-0.15, -0.1) is 11.3 Å². The number of amides is 3. The Hall–Kier alpha value is -2.06. The Morgan fingerprint density at radius 2 is 1.81 bits per heavy atom. The number of nitrogens with two attached hydrogens (primary N) is 1. The van der Waals surface area contributed by atoms with E-state index < -0.39 is 11.9 Å². The van der Waals surface area contributed by atoms with Crippen molar-refractivity contribution in [2.45, 2.75) is 26.2 Å². The average Bonchev–Trinajstić information content (AvgIpc) is 3.18. The van der Waals surface area contributed by atoms with Crippen molar-refractivity contribution in [1.29, 1.82) is 0 Å². The maximum atomic E-state index is 12.7. The fraction of sp³-hybridized carbons (Fsp3) is 0.286. The maximum absolute atomic E-state index is 12.7. The van der Waals surface area contributed by atoms with Crippen LogP contribution in [0, 0.1) is 0 Å². The Morgan fingerprint density at radius 1 is 1.10 bits per heavy atom. The topological polar surface area (TPSA) is 87.8 Å². The molecule has 3 N–H and O–H groups in total. The van der Waals surface area contributed by atoms with E-state index in [0.717, 1.165) is 19.3 Å². The lowest BCUT2D eigenvalue weighted by Gasteiger charge is -2.26. The maximum Gasteiger partial charge on any atom is 0.324 e. The van der Waals surface area contributed by atoms with Gasteiger partial charge in [0.05, 0.1) is 25.6 Å². The minimum absolute atomic E-state index is 0.112. The van der Waals surface area contributed by atoms with E-state index in [1.54, 1.807) is 42.2 Å². The number of likely N-dealkylation sites (tertiary alicyclic amines) is 1. The number of urea groups is 1. The molecule has 164 valence electrons. The van der Waals surface area contributed by atoms with Crippen LogP contribution in [-0.2, 0) is 4.79 Å². The minimum Gasteiger partial charge on any atom is -0.394 e. The molecule has 0 atom stereocenters. The molecule has 10 heteroatoms. The molecule has 1 aliphatic heterocycles. The Balaban J connectivity index is 1.93. The van der Waals surface area contributed by atoms with Crippen LogP contribution in [0.2, 0.25) is 14.4 Å². The van der Waals surface area contributed by atoms with Crippen LogP contribution < -0.4 is 11.1 Å². The number of hydrogen-bond donors (Lipinski definition) is 2. The summed E-state index contributed by atoms with van der Waals surface area (Å²) in [4.78, 5) is 32.0. The largest absolute Gasteiger partial charge is 0.394 e. The number of aliphatic imine (C=N–C) groups is 1. The molecule has 0 bridgehead atoms.